The lowest BCUT2D eigenvalue weighted by molar-refractivity contribution is 0.0720. The van der Waals surface area contributed by atoms with Crippen molar-refractivity contribution in [1.29, 1.82) is 0 Å². The van der Waals surface area contributed by atoms with Crippen LogP contribution < -0.4 is 0 Å². The maximum absolute atomic E-state index is 9.95. The predicted molar refractivity (Wildman–Crippen MR) is 47.6 cm³/mol. The maximum Gasteiger partial charge on any atom is 0.0781 e. The Morgan fingerprint density at radius 3 is 2.83 bits per heavy atom. The zero-order chi connectivity index (χ0) is 8.29. The molecule has 5 atom stereocenters. The van der Waals surface area contributed by atoms with Crippen LogP contribution in [-0.4, -0.2) is 11.2 Å². The van der Waals surface area contributed by atoms with Gasteiger partial charge in [-0.3, -0.25) is 0 Å². The second kappa shape index (κ2) is 2.14. The van der Waals surface area contributed by atoms with Gasteiger partial charge in [-0.15, -0.1) is 0 Å². The van der Waals surface area contributed by atoms with Crippen molar-refractivity contribution in [2.24, 2.45) is 23.7 Å². The lowest BCUT2D eigenvalue weighted by Crippen LogP contribution is -2.35. The summed E-state index contributed by atoms with van der Waals surface area (Å²) in [6.45, 7) is 4.04. The van der Waals surface area contributed by atoms with E-state index in [1.54, 1.807) is 0 Å². The SMILES string of the molecule is C=C1C2CC3CC(C2)C(C3)C1O. The fraction of sp³-hybridized carbons (Fsp3) is 0.818. The summed E-state index contributed by atoms with van der Waals surface area (Å²) in [5, 5.41) is 9.95. The fourth-order valence-electron chi connectivity index (χ4n) is 3.81. The van der Waals surface area contributed by atoms with Crippen LogP contribution in [0.3, 0.4) is 0 Å². The number of aliphatic hydroxyl groups excluding tert-OH is 1. The van der Waals surface area contributed by atoms with Crippen LogP contribution in [0.2, 0.25) is 0 Å². The summed E-state index contributed by atoms with van der Waals surface area (Å²) in [6.07, 6.45) is 5.17. The average Bonchev–Trinajstić information content (AvgIpc) is 2.33. The van der Waals surface area contributed by atoms with Gasteiger partial charge < -0.3 is 5.11 Å². The Kier molecular flexibility index (Phi) is 1.27. The van der Waals surface area contributed by atoms with Gasteiger partial charge in [0.25, 0.3) is 0 Å². The summed E-state index contributed by atoms with van der Waals surface area (Å²) in [5.41, 5.74) is 1.15. The molecule has 0 aromatic heterocycles. The molecule has 12 heavy (non-hydrogen) atoms. The minimum atomic E-state index is -0.152. The van der Waals surface area contributed by atoms with Crippen molar-refractivity contribution in [2.75, 3.05) is 0 Å². The molecule has 3 aliphatic rings. The Morgan fingerprint density at radius 2 is 2.00 bits per heavy atom. The van der Waals surface area contributed by atoms with E-state index in [1.807, 2.05) is 0 Å². The number of hydrogen-bond donors (Lipinski definition) is 1. The lowest BCUT2D eigenvalue weighted by Gasteiger charge is -2.38. The molecule has 3 fully saturated rings. The molecule has 3 aliphatic carbocycles. The standard InChI is InChI=1S/C11H16O/c1-6-8-2-7-3-9(5-8)10(4-7)11(6)12/h7-12H,1-5H2. The highest BCUT2D eigenvalue weighted by Gasteiger charge is 2.49. The molecule has 3 rings (SSSR count). The van der Waals surface area contributed by atoms with Gasteiger partial charge in [0.2, 0.25) is 0 Å². The first-order chi connectivity index (χ1) is 5.75. The third kappa shape index (κ3) is 0.731. The van der Waals surface area contributed by atoms with E-state index in [9.17, 15) is 5.11 Å². The summed E-state index contributed by atoms with van der Waals surface area (Å²) in [6, 6.07) is 0. The van der Waals surface area contributed by atoms with Gasteiger partial charge in [-0.2, -0.15) is 0 Å². The summed E-state index contributed by atoms with van der Waals surface area (Å²) in [5.74, 6) is 3.02. The van der Waals surface area contributed by atoms with Crippen LogP contribution in [0.1, 0.15) is 25.7 Å². The first kappa shape index (κ1) is 7.14. The van der Waals surface area contributed by atoms with Gasteiger partial charge in [0.1, 0.15) is 0 Å². The summed E-state index contributed by atoms with van der Waals surface area (Å²) in [7, 11) is 0. The summed E-state index contributed by atoms with van der Waals surface area (Å²) < 4.78 is 0. The molecular formula is C11H16O. The van der Waals surface area contributed by atoms with Crippen molar-refractivity contribution in [1.82, 2.24) is 0 Å². The van der Waals surface area contributed by atoms with Crippen LogP contribution in [-0.2, 0) is 0 Å². The number of hydrogen-bond acceptors (Lipinski definition) is 1. The Balaban J connectivity index is 2.01. The molecule has 5 unspecified atom stereocenters. The van der Waals surface area contributed by atoms with Crippen molar-refractivity contribution in [3.8, 4) is 0 Å². The fourth-order valence-corrected chi connectivity index (χ4v) is 3.81. The van der Waals surface area contributed by atoms with Crippen LogP contribution >= 0.6 is 0 Å². The van der Waals surface area contributed by atoms with E-state index in [2.05, 4.69) is 6.58 Å². The molecular weight excluding hydrogens is 148 g/mol. The molecule has 0 amide bonds. The van der Waals surface area contributed by atoms with Crippen LogP contribution in [0.5, 0.6) is 0 Å². The zero-order valence-corrected chi connectivity index (χ0v) is 7.37. The number of aliphatic hydroxyl groups is 1. The summed E-state index contributed by atoms with van der Waals surface area (Å²) in [4.78, 5) is 0. The molecule has 3 bridgehead atoms. The summed E-state index contributed by atoms with van der Waals surface area (Å²) >= 11 is 0. The minimum absolute atomic E-state index is 0.152. The van der Waals surface area contributed by atoms with Crippen molar-refractivity contribution in [3.63, 3.8) is 0 Å². The van der Waals surface area contributed by atoms with E-state index in [1.165, 1.54) is 25.7 Å². The van der Waals surface area contributed by atoms with Crippen LogP contribution in [0.25, 0.3) is 0 Å². The highest BCUT2D eigenvalue weighted by Crippen LogP contribution is 2.56. The molecule has 0 heterocycles. The van der Waals surface area contributed by atoms with E-state index in [0.717, 1.165) is 17.4 Å². The van der Waals surface area contributed by atoms with E-state index >= 15 is 0 Å². The van der Waals surface area contributed by atoms with Gasteiger partial charge in [0.05, 0.1) is 6.10 Å². The van der Waals surface area contributed by atoms with Crippen molar-refractivity contribution in [2.45, 2.75) is 31.8 Å². The van der Waals surface area contributed by atoms with E-state index in [4.69, 9.17) is 0 Å². The first-order valence-electron chi connectivity index (χ1n) is 5.12. The largest absolute Gasteiger partial charge is 0.388 e. The molecule has 3 saturated carbocycles. The molecule has 1 nitrogen and oxygen atoms in total. The highest BCUT2D eigenvalue weighted by atomic mass is 16.3. The molecule has 0 saturated heterocycles. The third-order valence-corrected chi connectivity index (χ3v) is 4.36. The Morgan fingerprint density at radius 1 is 1.17 bits per heavy atom. The normalized spacial score (nSPS) is 56.4. The predicted octanol–water partition coefficient (Wildman–Crippen LogP) is 1.97. The van der Waals surface area contributed by atoms with Crippen molar-refractivity contribution < 1.29 is 5.11 Å². The van der Waals surface area contributed by atoms with Crippen LogP contribution in [0, 0.1) is 23.7 Å². The molecule has 0 radical (unpaired) electrons. The second-order valence-corrected chi connectivity index (χ2v) is 4.95. The Labute approximate surface area is 73.5 Å². The van der Waals surface area contributed by atoms with E-state index in [0.29, 0.717) is 11.8 Å². The third-order valence-electron chi connectivity index (χ3n) is 4.36. The van der Waals surface area contributed by atoms with Crippen LogP contribution in [0.4, 0.5) is 0 Å². The van der Waals surface area contributed by atoms with Gasteiger partial charge >= 0.3 is 0 Å². The monoisotopic (exact) mass is 164 g/mol. The maximum atomic E-state index is 9.95. The highest BCUT2D eigenvalue weighted by molar-refractivity contribution is 5.19. The van der Waals surface area contributed by atoms with Gasteiger partial charge in [0.15, 0.2) is 0 Å². The van der Waals surface area contributed by atoms with Gasteiger partial charge in [-0.25, -0.2) is 0 Å². The molecule has 0 aliphatic heterocycles. The number of fused-ring (bicyclic) bond motifs is 2. The second-order valence-electron chi connectivity index (χ2n) is 4.95. The molecule has 0 spiro atoms. The molecule has 0 aromatic rings. The van der Waals surface area contributed by atoms with Crippen molar-refractivity contribution >= 4 is 0 Å². The van der Waals surface area contributed by atoms with E-state index < -0.39 is 0 Å². The van der Waals surface area contributed by atoms with Gasteiger partial charge in [-0.05, 0) is 54.9 Å². The number of rotatable bonds is 0. The van der Waals surface area contributed by atoms with Gasteiger partial charge in [-0.1, -0.05) is 6.58 Å². The van der Waals surface area contributed by atoms with E-state index in [-0.39, 0.29) is 6.10 Å². The van der Waals surface area contributed by atoms with Gasteiger partial charge in [0, 0.05) is 0 Å². The first-order valence-corrected chi connectivity index (χ1v) is 5.12. The molecule has 1 heteroatoms. The Hall–Kier alpha value is -0.300. The average molecular weight is 164 g/mol. The molecule has 1 N–H and O–H groups in total. The Bertz CT molecular complexity index is 227. The quantitative estimate of drug-likeness (QED) is 0.543. The molecule has 66 valence electrons. The van der Waals surface area contributed by atoms with Crippen LogP contribution in [0.15, 0.2) is 12.2 Å². The lowest BCUT2D eigenvalue weighted by atomic mass is 9.69. The minimum Gasteiger partial charge on any atom is -0.388 e. The molecule has 0 aromatic carbocycles. The topological polar surface area (TPSA) is 20.2 Å². The van der Waals surface area contributed by atoms with Crippen molar-refractivity contribution in [3.05, 3.63) is 12.2 Å². The smallest absolute Gasteiger partial charge is 0.0781 e. The zero-order valence-electron chi connectivity index (χ0n) is 7.37.